The number of benzene rings is 10. The molecule has 0 radical (unpaired) electrons. The minimum absolute atomic E-state index is 0. The normalized spacial score (nSPS) is 13.1. The second-order valence-corrected chi connectivity index (χ2v) is 22.8. The third kappa shape index (κ3) is 8.34. The topological polar surface area (TPSA) is 49.0 Å². The predicted octanol–water partition coefficient (Wildman–Crippen LogP) is 18.7. The van der Waals surface area contributed by atoms with E-state index >= 15 is 0 Å². The van der Waals surface area contributed by atoms with Crippen LogP contribution in [-0.4, -0.2) is 14.1 Å². The number of rotatable bonds is 6. The molecule has 0 amide bonds. The van der Waals surface area contributed by atoms with Crippen molar-refractivity contribution < 1.29 is 41.6 Å². The Morgan fingerprint density at radius 3 is 1.94 bits per heavy atom. The molecule has 4 aromatic heterocycles. The van der Waals surface area contributed by atoms with Gasteiger partial charge in [-0.05, 0) is 131 Å². The number of furan rings is 1. The van der Waals surface area contributed by atoms with Gasteiger partial charge in [0, 0.05) is 55.1 Å². The van der Waals surface area contributed by atoms with E-state index in [0.717, 1.165) is 116 Å². The summed E-state index contributed by atoms with van der Waals surface area (Å²) in [6.07, 6.45) is 5.78. The molecule has 5 heterocycles. The van der Waals surface area contributed by atoms with E-state index in [1.165, 1.54) is 0 Å². The van der Waals surface area contributed by atoms with Gasteiger partial charge in [0.15, 0.2) is 0 Å². The molecule has 7 heteroatoms. The molecule has 0 unspecified atom stereocenters. The maximum absolute atomic E-state index is 9.37. The first kappa shape index (κ1) is 44.7. The molecule has 0 saturated heterocycles. The van der Waals surface area contributed by atoms with Gasteiger partial charge in [-0.15, -0.1) is 29.7 Å². The SMILES string of the molecule is [2H]c1c([2H])c([2H])c(-c2cc3c4c(c2)n(-c2[c-]c(Oc5[c-]c6c(cc5)c5ccccc5n6-c5cc(C(C)(C)C)ccn5)ccc2)[c-][n+]4-c2c(-c4ccc5oc6ccccc6c5c4)cc(C(C)(C)C)cc2-c2ccccc2-c2ccccc2-3)c([2H])c1[2H].[Pt]. The van der Waals surface area contributed by atoms with Crippen molar-refractivity contribution in [1.82, 2.24) is 14.1 Å². The van der Waals surface area contributed by atoms with Crippen molar-refractivity contribution >= 4 is 54.8 Å². The van der Waals surface area contributed by atoms with Crippen LogP contribution >= 0.6 is 0 Å². The summed E-state index contributed by atoms with van der Waals surface area (Å²) >= 11 is 0. The molecule has 1 aliphatic heterocycles. The average molecular weight is 1230 g/mol. The summed E-state index contributed by atoms with van der Waals surface area (Å²) in [5.41, 5.74) is 16.3. The van der Waals surface area contributed by atoms with Crippen LogP contribution < -0.4 is 9.30 Å². The Hall–Kier alpha value is -9.09. The average Bonchev–Trinajstić information content (AvgIpc) is 1.60. The zero-order valence-electron chi connectivity index (χ0n) is 50.3. The molecule has 6 nitrogen and oxygen atoms in total. The summed E-state index contributed by atoms with van der Waals surface area (Å²) < 4.78 is 64.6. The Morgan fingerprint density at radius 2 is 1.17 bits per heavy atom. The number of aromatic nitrogens is 4. The van der Waals surface area contributed by atoms with E-state index in [1.807, 2.05) is 83.6 Å². The van der Waals surface area contributed by atoms with Crippen LogP contribution in [0.15, 0.2) is 223 Å². The first-order valence-corrected chi connectivity index (χ1v) is 27.0. The van der Waals surface area contributed by atoms with Crippen molar-refractivity contribution in [1.29, 1.82) is 0 Å². The molecule has 0 atom stereocenters. The number of hydrogen-bond donors (Lipinski definition) is 0. The molecule has 15 rings (SSSR count). The standard InChI is InChI=1S/C74H54N4O2.Pt/c1-73(2,3)49-35-36-75-70(42-49)78-65-29-16-14-27-58(65)59-33-32-53(44-66(59)78)79-52-22-18-21-51(43-52)76-45-77-71-61(47-31-34-69-62(37-47)60-28-15-17-30-68(60)80-69)40-50(74(4,5)6)41-64(71)57-26-13-11-24-55(57)54-23-10-12-25-56(54)63-38-48(39-67(76)72(63)77)46-19-8-7-9-20-46;/h7-42H,1-6H3;/q-2;/i7D,8D,9D,19D,20D;. The van der Waals surface area contributed by atoms with Crippen molar-refractivity contribution in [3.8, 4) is 84.3 Å². The van der Waals surface area contributed by atoms with Gasteiger partial charge < -0.3 is 18.3 Å². The van der Waals surface area contributed by atoms with Gasteiger partial charge in [0.2, 0.25) is 0 Å². The zero-order chi connectivity index (χ0) is 58.4. The molecule has 0 saturated carbocycles. The summed E-state index contributed by atoms with van der Waals surface area (Å²) in [6.45, 7) is 13.3. The summed E-state index contributed by atoms with van der Waals surface area (Å²) in [4.78, 5) is 4.90. The molecule has 394 valence electrons. The summed E-state index contributed by atoms with van der Waals surface area (Å²) in [6, 6.07) is 67.6. The van der Waals surface area contributed by atoms with Gasteiger partial charge in [-0.3, -0.25) is 4.57 Å². The second kappa shape index (κ2) is 19.0. The van der Waals surface area contributed by atoms with Crippen LogP contribution in [0.25, 0.3) is 128 Å². The first-order chi connectivity index (χ1) is 41.0. The van der Waals surface area contributed by atoms with E-state index in [1.54, 1.807) is 0 Å². The van der Waals surface area contributed by atoms with Crippen molar-refractivity contribution in [3.63, 3.8) is 0 Å². The monoisotopic (exact) mass is 1230 g/mol. The van der Waals surface area contributed by atoms with Crippen molar-refractivity contribution in [2.75, 3.05) is 0 Å². The molecule has 0 fully saturated rings. The number of hydrogen-bond acceptors (Lipinski definition) is 3. The summed E-state index contributed by atoms with van der Waals surface area (Å²) in [5.74, 6) is 1.68. The first-order valence-electron chi connectivity index (χ1n) is 29.5. The van der Waals surface area contributed by atoms with Crippen LogP contribution in [0.4, 0.5) is 0 Å². The number of imidazole rings is 1. The Balaban J connectivity index is 0.00000653. The third-order valence-corrected chi connectivity index (χ3v) is 15.8. The maximum atomic E-state index is 9.37. The zero-order valence-corrected chi connectivity index (χ0v) is 47.6. The van der Waals surface area contributed by atoms with Gasteiger partial charge in [-0.2, -0.15) is 18.2 Å². The molecule has 0 N–H and O–H groups in total. The van der Waals surface area contributed by atoms with Gasteiger partial charge >= 0.3 is 0 Å². The minimum atomic E-state index is -0.460. The fourth-order valence-corrected chi connectivity index (χ4v) is 11.8. The minimum Gasteiger partial charge on any atom is -0.510 e. The van der Waals surface area contributed by atoms with Crippen LogP contribution in [0.3, 0.4) is 0 Å². The van der Waals surface area contributed by atoms with E-state index in [2.05, 4.69) is 178 Å². The van der Waals surface area contributed by atoms with E-state index in [-0.39, 0.29) is 49.5 Å². The van der Waals surface area contributed by atoms with Crippen molar-refractivity contribution in [3.05, 3.63) is 248 Å². The molecule has 14 aromatic rings. The molecular formula is C74H54N4O2Pt-2. The van der Waals surface area contributed by atoms with Gasteiger partial charge in [0.05, 0.1) is 23.6 Å². The Kier molecular flexibility index (Phi) is 10.5. The molecule has 0 aliphatic carbocycles. The molecule has 1 aliphatic rings. The molecule has 81 heavy (non-hydrogen) atoms. The van der Waals surface area contributed by atoms with Crippen molar-refractivity contribution in [2.24, 2.45) is 0 Å². The Labute approximate surface area is 492 Å². The van der Waals surface area contributed by atoms with Gasteiger partial charge in [0.25, 0.3) is 6.33 Å². The molecule has 0 bridgehead atoms. The summed E-state index contributed by atoms with van der Waals surface area (Å²) in [5, 5.41) is 4.10. The predicted molar refractivity (Wildman–Crippen MR) is 325 cm³/mol. The number of para-hydroxylation sites is 2. The van der Waals surface area contributed by atoms with Crippen molar-refractivity contribution in [2.45, 2.75) is 52.4 Å². The molecular weight excluding hydrogens is 1170 g/mol. The van der Waals surface area contributed by atoms with Gasteiger partial charge in [0.1, 0.15) is 17.0 Å². The Bertz CT molecular complexity index is 5130. The van der Waals surface area contributed by atoms with Crippen LogP contribution in [0.1, 0.15) is 59.5 Å². The molecule has 10 aromatic carbocycles. The smallest absolute Gasteiger partial charge is 0.268 e. The van der Waals surface area contributed by atoms with E-state index in [0.29, 0.717) is 28.3 Å². The summed E-state index contributed by atoms with van der Waals surface area (Å²) in [7, 11) is 0. The fourth-order valence-electron chi connectivity index (χ4n) is 11.8. The van der Waals surface area contributed by atoms with E-state index in [9.17, 15) is 2.74 Å². The Morgan fingerprint density at radius 1 is 0.506 bits per heavy atom. The van der Waals surface area contributed by atoms with E-state index in [4.69, 9.17) is 18.3 Å². The number of nitrogens with zero attached hydrogens (tertiary/aromatic N) is 4. The molecule has 0 spiro atoms. The third-order valence-electron chi connectivity index (χ3n) is 15.8. The van der Waals surface area contributed by atoms with Crippen LogP contribution in [0.2, 0.25) is 0 Å². The number of pyridine rings is 1. The quantitative estimate of drug-likeness (QED) is 0.123. The van der Waals surface area contributed by atoms with Gasteiger partial charge in [-0.25, -0.2) is 4.98 Å². The van der Waals surface area contributed by atoms with Crippen LogP contribution in [-0.2, 0) is 31.9 Å². The largest absolute Gasteiger partial charge is 0.510 e. The van der Waals surface area contributed by atoms with Gasteiger partial charge in [-0.1, -0.05) is 186 Å². The number of ether oxygens (including phenoxy) is 1. The maximum Gasteiger partial charge on any atom is 0.268 e. The van der Waals surface area contributed by atoms with Crippen LogP contribution in [0, 0.1) is 18.5 Å². The second-order valence-electron chi connectivity index (χ2n) is 22.8. The van der Waals surface area contributed by atoms with Crippen LogP contribution in [0.5, 0.6) is 11.5 Å². The number of fused-ring (bicyclic) bond motifs is 13. The fraction of sp³-hybridized carbons (Fsp3) is 0.108. The van der Waals surface area contributed by atoms with E-state index < -0.39 is 18.1 Å².